The summed E-state index contributed by atoms with van der Waals surface area (Å²) in [6.07, 6.45) is 2.34. The van der Waals surface area contributed by atoms with E-state index >= 15 is 0 Å². The highest BCUT2D eigenvalue weighted by atomic mass is 79.9. The molecule has 0 unspecified atom stereocenters. The number of hydrogen-bond acceptors (Lipinski definition) is 1. The molecule has 0 amide bonds. The number of halogens is 2. The summed E-state index contributed by atoms with van der Waals surface area (Å²) in [5.41, 5.74) is 6.86. The summed E-state index contributed by atoms with van der Waals surface area (Å²) in [7, 11) is 0. The zero-order chi connectivity index (χ0) is 9.42. The number of rotatable bonds is 2. The highest BCUT2D eigenvalue weighted by Crippen LogP contribution is 2.41. The molecular formula is C10H11BrFN. The van der Waals surface area contributed by atoms with Gasteiger partial charge < -0.3 is 5.73 Å². The molecule has 2 rings (SSSR count). The Bertz CT molecular complexity index is 323. The van der Waals surface area contributed by atoms with Crippen molar-refractivity contribution in [2.75, 3.05) is 0 Å². The molecule has 1 aliphatic rings. The van der Waals surface area contributed by atoms with Gasteiger partial charge in [0.25, 0.3) is 0 Å². The van der Waals surface area contributed by atoms with Crippen LogP contribution in [0.4, 0.5) is 4.39 Å². The van der Waals surface area contributed by atoms with E-state index in [9.17, 15) is 4.39 Å². The van der Waals surface area contributed by atoms with Crippen LogP contribution in [-0.4, -0.2) is 0 Å². The van der Waals surface area contributed by atoms with Crippen molar-refractivity contribution in [2.24, 2.45) is 11.7 Å². The molecule has 2 N–H and O–H groups in total. The average molecular weight is 244 g/mol. The van der Waals surface area contributed by atoms with E-state index in [-0.39, 0.29) is 11.9 Å². The van der Waals surface area contributed by atoms with Gasteiger partial charge in [-0.25, -0.2) is 4.39 Å². The summed E-state index contributed by atoms with van der Waals surface area (Å²) >= 11 is 3.38. The molecule has 13 heavy (non-hydrogen) atoms. The summed E-state index contributed by atoms with van der Waals surface area (Å²) in [5, 5.41) is 0. The van der Waals surface area contributed by atoms with Crippen molar-refractivity contribution < 1.29 is 4.39 Å². The molecule has 3 heteroatoms. The van der Waals surface area contributed by atoms with E-state index in [0.29, 0.717) is 5.92 Å². The Balaban J connectivity index is 2.31. The standard InChI is InChI=1S/C10H11BrFN/c11-9-4-3-7(12)5-8(9)10(13)6-1-2-6/h3-6,10H,1-2,13H2/t10-/m1/s1. The fourth-order valence-corrected chi connectivity index (χ4v) is 1.99. The Kier molecular flexibility index (Phi) is 2.39. The van der Waals surface area contributed by atoms with Crippen LogP contribution in [0.1, 0.15) is 24.4 Å². The minimum absolute atomic E-state index is 0.00919. The molecule has 1 aliphatic carbocycles. The largest absolute Gasteiger partial charge is 0.324 e. The van der Waals surface area contributed by atoms with Crippen molar-refractivity contribution in [3.63, 3.8) is 0 Å². The second-order valence-corrected chi connectivity index (χ2v) is 4.38. The zero-order valence-electron chi connectivity index (χ0n) is 7.13. The van der Waals surface area contributed by atoms with Gasteiger partial charge >= 0.3 is 0 Å². The lowest BCUT2D eigenvalue weighted by Gasteiger charge is -2.12. The van der Waals surface area contributed by atoms with E-state index in [1.165, 1.54) is 25.0 Å². The molecule has 1 aromatic rings. The second-order valence-electron chi connectivity index (χ2n) is 3.53. The fraction of sp³-hybridized carbons (Fsp3) is 0.400. The van der Waals surface area contributed by atoms with Gasteiger partial charge in [-0.2, -0.15) is 0 Å². The molecular weight excluding hydrogens is 233 g/mol. The molecule has 1 saturated carbocycles. The summed E-state index contributed by atoms with van der Waals surface area (Å²) in [5.74, 6) is 0.340. The SMILES string of the molecule is N[C@@H](c1cc(F)ccc1Br)C1CC1. The maximum Gasteiger partial charge on any atom is 0.123 e. The van der Waals surface area contributed by atoms with Gasteiger partial charge in [0, 0.05) is 10.5 Å². The van der Waals surface area contributed by atoms with Gasteiger partial charge in [0.2, 0.25) is 0 Å². The molecule has 1 fully saturated rings. The molecule has 0 aromatic heterocycles. The lowest BCUT2D eigenvalue weighted by Crippen LogP contribution is -2.13. The molecule has 1 aromatic carbocycles. The molecule has 0 radical (unpaired) electrons. The third kappa shape index (κ3) is 1.92. The van der Waals surface area contributed by atoms with Gasteiger partial charge in [-0.1, -0.05) is 15.9 Å². The van der Waals surface area contributed by atoms with Crippen LogP contribution in [0.2, 0.25) is 0 Å². The van der Waals surface area contributed by atoms with Crippen LogP contribution in [0.3, 0.4) is 0 Å². The third-order valence-corrected chi connectivity index (χ3v) is 3.17. The summed E-state index contributed by atoms with van der Waals surface area (Å²) in [4.78, 5) is 0. The molecule has 0 heterocycles. The second kappa shape index (κ2) is 3.39. The molecule has 70 valence electrons. The lowest BCUT2D eigenvalue weighted by atomic mass is 10.0. The van der Waals surface area contributed by atoms with Crippen molar-refractivity contribution in [3.05, 3.63) is 34.1 Å². The first-order valence-corrected chi connectivity index (χ1v) is 5.18. The fourth-order valence-electron chi connectivity index (χ4n) is 1.48. The van der Waals surface area contributed by atoms with E-state index in [2.05, 4.69) is 15.9 Å². The van der Waals surface area contributed by atoms with Crippen LogP contribution < -0.4 is 5.73 Å². The Morgan fingerprint density at radius 1 is 1.46 bits per heavy atom. The van der Waals surface area contributed by atoms with E-state index in [0.717, 1.165) is 10.0 Å². The number of hydrogen-bond donors (Lipinski definition) is 1. The first-order valence-electron chi connectivity index (χ1n) is 4.39. The first-order chi connectivity index (χ1) is 6.18. The van der Waals surface area contributed by atoms with Gasteiger partial charge in [-0.05, 0) is 42.5 Å². The van der Waals surface area contributed by atoms with Crippen LogP contribution in [0.15, 0.2) is 22.7 Å². The molecule has 0 aliphatic heterocycles. The van der Waals surface area contributed by atoms with Gasteiger partial charge in [-0.3, -0.25) is 0 Å². The molecule has 0 bridgehead atoms. The van der Waals surface area contributed by atoms with Crippen molar-refractivity contribution in [1.82, 2.24) is 0 Å². The summed E-state index contributed by atoms with van der Waals surface area (Å²) < 4.78 is 13.8. The molecule has 1 nitrogen and oxygen atoms in total. The Morgan fingerprint density at radius 3 is 2.77 bits per heavy atom. The van der Waals surface area contributed by atoms with Crippen LogP contribution in [0.5, 0.6) is 0 Å². The quantitative estimate of drug-likeness (QED) is 0.850. The van der Waals surface area contributed by atoms with Crippen molar-refractivity contribution in [1.29, 1.82) is 0 Å². The summed E-state index contributed by atoms with van der Waals surface area (Å²) in [6, 6.07) is 4.66. The minimum Gasteiger partial charge on any atom is -0.324 e. The van der Waals surface area contributed by atoms with Crippen LogP contribution in [-0.2, 0) is 0 Å². The average Bonchev–Trinajstić information content (AvgIpc) is 2.91. The molecule has 1 atom stereocenters. The smallest absolute Gasteiger partial charge is 0.123 e. The van der Waals surface area contributed by atoms with Crippen molar-refractivity contribution in [3.8, 4) is 0 Å². The maximum absolute atomic E-state index is 12.9. The third-order valence-electron chi connectivity index (χ3n) is 2.45. The predicted octanol–water partition coefficient (Wildman–Crippen LogP) is 3.00. The lowest BCUT2D eigenvalue weighted by molar-refractivity contribution is 0.599. The van der Waals surface area contributed by atoms with E-state index < -0.39 is 0 Å². The van der Waals surface area contributed by atoms with Crippen LogP contribution in [0.25, 0.3) is 0 Å². The molecule has 0 spiro atoms. The zero-order valence-corrected chi connectivity index (χ0v) is 8.72. The van der Waals surface area contributed by atoms with Crippen LogP contribution >= 0.6 is 15.9 Å². The monoisotopic (exact) mass is 243 g/mol. The number of nitrogens with two attached hydrogens (primary N) is 1. The Labute approximate surface area is 85.3 Å². The normalized spacial score (nSPS) is 18.7. The number of benzene rings is 1. The van der Waals surface area contributed by atoms with E-state index in [1.54, 1.807) is 6.07 Å². The van der Waals surface area contributed by atoms with Gasteiger partial charge in [0.05, 0.1) is 0 Å². The topological polar surface area (TPSA) is 26.0 Å². The maximum atomic E-state index is 12.9. The Morgan fingerprint density at radius 2 is 2.15 bits per heavy atom. The van der Waals surface area contributed by atoms with Crippen LogP contribution in [0, 0.1) is 11.7 Å². The van der Waals surface area contributed by atoms with Gasteiger partial charge in [0.15, 0.2) is 0 Å². The minimum atomic E-state index is -0.214. The Hall–Kier alpha value is -0.410. The summed E-state index contributed by atoms with van der Waals surface area (Å²) in [6.45, 7) is 0. The van der Waals surface area contributed by atoms with E-state index in [1.807, 2.05) is 0 Å². The predicted molar refractivity (Wildman–Crippen MR) is 53.8 cm³/mol. The van der Waals surface area contributed by atoms with Gasteiger partial charge in [-0.15, -0.1) is 0 Å². The first kappa shape index (κ1) is 9.16. The van der Waals surface area contributed by atoms with Crippen molar-refractivity contribution >= 4 is 15.9 Å². The van der Waals surface area contributed by atoms with Crippen molar-refractivity contribution in [2.45, 2.75) is 18.9 Å². The highest BCUT2D eigenvalue weighted by molar-refractivity contribution is 9.10. The highest BCUT2D eigenvalue weighted by Gasteiger charge is 2.30. The van der Waals surface area contributed by atoms with Gasteiger partial charge in [0.1, 0.15) is 5.82 Å². The van der Waals surface area contributed by atoms with E-state index in [4.69, 9.17) is 5.73 Å². The molecule has 0 saturated heterocycles.